The number of hydrogen-bond acceptors (Lipinski definition) is 5. The Morgan fingerprint density at radius 3 is 2.95 bits per heavy atom. The number of benzene rings is 1. The first-order valence-corrected chi connectivity index (χ1v) is 7.59. The molecule has 1 aliphatic rings. The Kier molecular flexibility index (Phi) is 4.45. The summed E-state index contributed by atoms with van der Waals surface area (Å²) in [5, 5.41) is 14.2. The van der Waals surface area contributed by atoms with Gasteiger partial charge in [0.25, 0.3) is 0 Å². The van der Waals surface area contributed by atoms with Crippen molar-refractivity contribution in [2.75, 3.05) is 20.2 Å². The monoisotopic (exact) mass is 302 g/mol. The van der Waals surface area contributed by atoms with Gasteiger partial charge in [-0.15, -0.1) is 0 Å². The Labute approximate surface area is 130 Å². The summed E-state index contributed by atoms with van der Waals surface area (Å²) in [5.41, 5.74) is 2.08. The lowest BCUT2D eigenvalue weighted by atomic mass is 10.0. The fourth-order valence-corrected chi connectivity index (χ4v) is 3.07. The summed E-state index contributed by atoms with van der Waals surface area (Å²) in [6, 6.07) is 10.0. The lowest BCUT2D eigenvalue weighted by Gasteiger charge is -2.15. The molecule has 2 heterocycles. The van der Waals surface area contributed by atoms with Gasteiger partial charge in [0.05, 0.1) is 18.9 Å². The highest BCUT2D eigenvalue weighted by molar-refractivity contribution is 5.28. The molecular formula is C17H22N2O3. The molecule has 0 radical (unpaired) electrons. The molecule has 0 bridgehead atoms. The lowest BCUT2D eigenvalue weighted by molar-refractivity contribution is 0.137. The first-order chi connectivity index (χ1) is 10.6. The fourth-order valence-electron chi connectivity index (χ4n) is 3.07. The molecule has 0 spiro atoms. The molecule has 1 fully saturated rings. The Bertz CT molecular complexity index is 626. The third-order valence-corrected chi connectivity index (χ3v) is 4.16. The largest absolute Gasteiger partial charge is 0.497 e. The van der Waals surface area contributed by atoms with Gasteiger partial charge in [-0.05, 0) is 24.6 Å². The summed E-state index contributed by atoms with van der Waals surface area (Å²) in [6.07, 6.45) is 0.410. The highest BCUT2D eigenvalue weighted by Crippen LogP contribution is 2.24. The highest BCUT2D eigenvalue weighted by Gasteiger charge is 2.32. The molecule has 0 unspecified atom stereocenters. The molecule has 1 saturated heterocycles. The summed E-state index contributed by atoms with van der Waals surface area (Å²) in [5.74, 6) is 1.91. The molecule has 5 nitrogen and oxygen atoms in total. The highest BCUT2D eigenvalue weighted by atomic mass is 16.5. The van der Waals surface area contributed by atoms with E-state index in [9.17, 15) is 5.11 Å². The number of aromatic nitrogens is 1. The summed E-state index contributed by atoms with van der Waals surface area (Å²) >= 11 is 0. The smallest absolute Gasteiger partial charge is 0.137 e. The zero-order chi connectivity index (χ0) is 15.5. The van der Waals surface area contributed by atoms with Crippen molar-refractivity contribution in [1.29, 1.82) is 0 Å². The molecule has 2 aromatic rings. The third-order valence-electron chi connectivity index (χ3n) is 4.16. The molecule has 5 heteroatoms. The van der Waals surface area contributed by atoms with Crippen LogP contribution in [0, 0.1) is 12.8 Å². The molecule has 1 aliphatic heterocycles. The number of ether oxygens (including phenoxy) is 1. The van der Waals surface area contributed by atoms with Gasteiger partial charge in [0, 0.05) is 38.0 Å². The van der Waals surface area contributed by atoms with Gasteiger partial charge < -0.3 is 14.4 Å². The molecular weight excluding hydrogens is 280 g/mol. The van der Waals surface area contributed by atoms with E-state index in [2.05, 4.69) is 16.1 Å². The van der Waals surface area contributed by atoms with E-state index in [0.717, 1.165) is 36.7 Å². The Hall–Kier alpha value is -1.85. The van der Waals surface area contributed by atoms with Crippen molar-refractivity contribution in [3.8, 4) is 5.75 Å². The van der Waals surface area contributed by atoms with Crippen molar-refractivity contribution in [3.63, 3.8) is 0 Å². The molecule has 1 aromatic carbocycles. The van der Waals surface area contributed by atoms with Crippen LogP contribution in [0.5, 0.6) is 5.75 Å². The van der Waals surface area contributed by atoms with Gasteiger partial charge >= 0.3 is 0 Å². The second-order valence-electron chi connectivity index (χ2n) is 6.01. The number of nitrogens with zero attached hydrogens (tertiary/aromatic N) is 2. The molecule has 2 atom stereocenters. The van der Waals surface area contributed by atoms with Gasteiger partial charge in [-0.25, -0.2) is 0 Å². The van der Waals surface area contributed by atoms with Crippen molar-refractivity contribution in [2.24, 2.45) is 5.92 Å². The van der Waals surface area contributed by atoms with E-state index in [4.69, 9.17) is 9.26 Å². The van der Waals surface area contributed by atoms with E-state index in [0.29, 0.717) is 6.54 Å². The van der Waals surface area contributed by atoms with Crippen molar-refractivity contribution < 1.29 is 14.4 Å². The van der Waals surface area contributed by atoms with Crippen LogP contribution in [0.15, 0.2) is 34.9 Å². The predicted molar refractivity (Wildman–Crippen MR) is 82.7 cm³/mol. The number of hydrogen-bond donors (Lipinski definition) is 1. The standard InChI is InChI=1S/C17H22N2O3/c1-12-6-16(22-18-12)8-14-10-19(11-17(14)20)9-13-4-3-5-15(7-13)21-2/h3-7,14,17,20H,8-11H2,1-2H3/t14-,17-/m1/s1. The van der Waals surface area contributed by atoms with Crippen LogP contribution in [0.1, 0.15) is 17.0 Å². The maximum atomic E-state index is 10.3. The van der Waals surface area contributed by atoms with Crippen LogP contribution >= 0.6 is 0 Å². The fraction of sp³-hybridized carbons (Fsp3) is 0.471. The summed E-state index contributed by atoms with van der Waals surface area (Å²) < 4.78 is 10.5. The van der Waals surface area contributed by atoms with Crippen LogP contribution in [0.2, 0.25) is 0 Å². The van der Waals surface area contributed by atoms with Crippen LogP contribution in [-0.4, -0.2) is 41.5 Å². The van der Waals surface area contributed by atoms with Crippen LogP contribution < -0.4 is 4.74 Å². The number of methoxy groups -OCH3 is 1. The number of likely N-dealkylation sites (tertiary alicyclic amines) is 1. The quantitative estimate of drug-likeness (QED) is 0.916. The maximum absolute atomic E-state index is 10.3. The van der Waals surface area contributed by atoms with Crippen LogP contribution in [0.4, 0.5) is 0 Å². The molecule has 0 amide bonds. The molecule has 0 saturated carbocycles. The van der Waals surface area contributed by atoms with Gasteiger partial charge in [0.15, 0.2) is 0 Å². The zero-order valence-corrected chi connectivity index (χ0v) is 13.0. The predicted octanol–water partition coefficient (Wildman–Crippen LogP) is 2.03. The average Bonchev–Trinajstić information content (AvgIpc) is 3.06. The Balaban J connectivity index is 1.60. The van der Waals surface area contributed by atoms with Crippen LogP contribution in [0.3, 0.4) is 0 Å². The van der Waals surface area contributed by atoms with Gasteiger partial charge in [-0.1, -0.05) is 17.3 Å². The number of aliphatic hydroxyl groups is 1. The minimum Gasteiger partial charge on any atom is -0.497 e. The topological polar surface area (TPSA) is 58.7 Å². The average molecular weight is 302 g/mol. The summed E-state index contributed by atoms with van der Waals surface area (Å²) in [6.45, 7) is 4.28. The summed E-state index contributed by atoms with van der Waals surface area (Å²) in [7, 11) is 1.67. The van der Waals surface area contributed by atoms with Gasteiger partial charge in [-0.3, -0.25) is 4.90 Å². The first kappa shape index (κ1) is 15.1. The van der Waals surface area contributed by atoms with E-state index in [1.54, 1.807) is 7.11 Å². The summed E-state index contributed by atoms with van der Waals surface area (Å²) in [4.78, 5) is 2.27. The normalized spacial score (nSPS) is 22.1. The molecule has 3 rings (SSSR count). The Morgan fingerprint density at radius 2 is 2.23 bits per heavy atom. The number of aryl methyl sites for hydroxylation is 1. The molecule has 1 N–H and O–H groups in total. The minimum absolute atomic E-state index is 0.193. The third kappa shape index (κ3) is 3.48. The molecule has 118 valence electrons. The van der Waals surface area contributed by atoms with Crippen molar-refractivity contribution in [2.45, 2.75) is 26.0 Å². The second-order valence-corrected chi connectivity index (χ2v) is 6.01. The second kappa shape index (κ2) is 6.50. The first-order valence-electron chi connectivity index (χ1n) is 7.59. The van der Waals surface area contributed by atoms with Crippen molar-refractivity contribution in [3.05, 3.63) is 47.3 Å². The zero-order valence-electron chi connectivity index (χ0n) is 13.0. The number of rotatable bonds is 5. The van der Waals surface area contributed by atoms with Gasteiger partial charge in [0.1, 0.15) is 11.5 Å². The molecule has 0 aliphatic carbocycles. The van der Waals surface area contributed by atoms with Gasteiger partial charge in [-0.2, -0.15) is 0 Å². The maximum Gasteiger partial charge on any atom is 0.137 e. The molecule has 1 aromatic heterocycles. The van der Waals surface area contributed by atoms with Crippen molar-refractivity contribution in [1.82, 2.24) is 10.1 Å². The van der Waals surface area contributed by atoms with Crippen LogP contribution in [0.25, 0.3) is 0 Å². The van der Waals surface area contributed by atoms with E-state index in [1.807, 2.05) is 31.2 Å². The number of aliphatic hydroxyl groups excluding tert-OH is 1. The minimum atomic E-state index is -0.323. The van der Waals surface area contributed by atoms with Crippen molar-refractivity contribution >= 4 is 0 Å². The van der Waals surface area contributed by atoms with E-state index >= 15 is 0 Å². The lowest BCUT2D eigenvalue weighted by Crippen LogP contribution is -2.21. The van der Waals surface area contributed by atoms with Gasteiger partial charge in [0.2, 0.25) is 0 Å². The van der Waals surface area contributed by atoms with E-state index in [1.165, 1.54) is 5.56 Å². The van der Waals surface area contributed by atoms with E-state index < -0.39 is 0 Å². The number of β-amino-alcohol motifs (C(OH)–C–C–N with tert-alkyl or cyclic N) is 1. The van der Waals surface area contributed by atoms with Crippen LogP contribution in [-0.2, 0) is 13.0 Å². The Morgan fingerprint density at radius 1 is 1.36 bits per heavy atom. The van der Waals surface area contributed by atoms with E-state index in [-0.39, 0.29) is 12.0 Å². The molecule has 22 heavy (non-hydrogen) atoms. The SMILES string of the molecule is COc1cccc(CN2C[C@@H](Cc3cc(C)no3)[C@H](O)C2)c1.